The van der Waals surface area contributed by atoms with Gasteiger partial charge < -0.3 is 10.2 Å². The summed E-state index contributed by atoms with van der Waals surface area (Å²) in [6, 6.07) is 0.618. The van der Waals surface area contributed by atoms with Crippen molar-refractivity contribution in [3.05, 3.63) is 37.0 Å². The lowest BCUT2D eigenvalue weighted by molar-refractivity contribution is 0.230. The van der Waals surface area contributed by atoms with E-state index in [9.17, 15) is 0 Å². The Morgan fingerprint density at radius 2 is 1.44 bits per heavy atom. The van der Waals surface area contributed by atoms with Crippen LogP contribution in [0.15, 0.2) is 37.0 Å². The monoisotopic (exact) mass is 477 g/mol. The molecule has 1 saturated carbocycles. The summed E-state index contributed by atoms with van der Waals surface area (Å²) in [5.74, 6) is 2.59. The average molecular weight is 477 g/mol. The molecule has 1 N–H and O–H groups in total. The van der Waals surface area contributed by atoms with E-state index >= 15 is 0 Å². The Hall–Kier alpha value is -0.860. The third-order valence-electron chi connectivity index (χ3n) is 6.58. The predicted octanol–water partition coefficient (Wildman–Crippen LogP) is 9.44. The van der Waals surface area contributed by atoms with Crippen molar-refractivity contribution in [3.8, 4) is 0 Å². The minimum Gasteiger partial charge on any atom is -0.312 e. The molecule has 34 heavy (non-hydrogen) atoms. The molecule has 0 spiro atoms. The summed E-state index contributed by atoms with van der Waals surface area (Å²) in [5.41, 5.74) is 0. The lowest BCUT2D eigenvalue weighted by Crippen LogP contribution is -2.43. The Labute approximate surface area is 216 Å². The molecule has 2 unspecified atom stereocenters. The zero-order valence-electron chi connectivity index (χ0n) is 24.7. The van der Waals surface area contributed by atoms with Gasteiger partial charge in [-0.15, -0.1) is 0 Å². The van der Waals surface area contributed by atoms with Gasteiger partial charge in [0.15, 0.2) is 0 Å². The minimum absolute atomic E-state index is 0.554. The molecule has 2 heteroatoms. The van der Waals surface area contributed by atoms with Gasteiger partial charge in [-0.1, -0.05) is 137 Å². The highest BCUT2D eigenvalue weighted by molar-refractivity contribution is 5.09. The summed E-state index contributed by atoms with van der Waals surface area (Å²) < 4.78 is 0. The van der Waals surface area contributed by atoms with E-state index in [4.69, 9.17) is 0 Å². The number of nitrogens with one attached hydrogen (secondary N) is 1. The van der Waals surface area contributed by atoms with Crippen LogP contribution in [-0.4, -0.2) is 37.1 Å². The third kappa shape index (κ3) is 22.9. The highest BCUT2D eigenvalue weighted by Crippen LogP contribution is 2.27. The summed E-state index contributed by atoms with van der Waals surface area (Å²) in [7, 11) is 0. The quantitative estimate of drug-likeness (QED) is 0.223. The number of hydrogen-bond donors (Lipinski definition) is 1. The van der Waals surface area contributed by atoms with E-state index in [0.29, 0.717) is 12.0 Å². The molecular weight excluding hydrogens is 412 g/mol. The van der Waals surface area contributed by atoms with Crippen molar-refractivity contribution >= 4 is 0 Å². The molecule has 2 atom stereocenters. The molecule has 1 aliphatic carbocycles. The van der Waals surface area contributed by atoms with Gasteiger partial charge in [-0.3, -0.25) is 0 Å². The standard InChI is InChI=1S/C22H42N2.C8H16.C2H6/c1-6-10-13-14-15-21(5)19-23-22(16-11-7-2)20-24(17-9-4)18-12-8-3;1-7-3-5-8(2)6-4-7;1-2/h6,10,13-15,21-23H,1,7-9,11-12,16-20H2,2-5H3;7-8H,3-6H2,1-2H3;1-2H3/b13-10-,15-14-;;. The minimum atomic E-state index is 0.554. The first kappa shape index (κ1) is 35.3. The molecule has 2 nitrogen and oxygen atoms in total. The average Bonchev–Trinajstić information content (AvgIpc) is 2.85. The van der Waals surface area contributed by atoms with Crippen molar-refractivity contribution in [3.63, 3.8) is 0 Å². The third-order valence-corrected chi connectivity index (χ3v) is 6.58. The number of hydrogen-bond acceptors (Lipinski definition) is 2. The smallest absolute Gasteiger partial charge is 0.0195 e. The van der Waals surface area contributed by atoms with Crippen LogP contribution in [-0.2, 0) is 0 Å². The summed E-state index contributed by atoms with van der Waals surface area (Å²) in [4.78, 5) is 2.66. The first-order chi connectivity index (χ1) is 16.5. The molecule has 1 aliphatic rings. The van der Waals surface area contributed by atoms with Crippen molar-refractivity contribution in [1.82, 2.24) is 10.2 Å². The summed E-state index contributed by atoms with van der Waals surface area (Å²) in [5, 5.41) is 3.82. The zero-order chi connectivity index (χ0) is 26.0. The fourth-order valence-electron chi connectivity index (χ4n) is 4.26. The van der Waals surface area contributed by atoms with Crippen LogP contribution < -0.4 is 5.32 Å². The second-order valence-corrected chi connectivity index (χ2v) is 10.2. The highest BCUT2D eigenvalue weighted by atomic mass is 15.1. The summed E-state index contributed by atoms with van der Waals surface area (Å²) >= 11 is 0. The van der Waals surface area contributed by atoms with E-state index in [1.54, 1.807) is 0 Å². The van der Waals surface area contributed by atoms with E-state index in [1.165, 1.54) is 83.8 Å². The van der Waals surface area contributed by atoms with Gasteiger partial charge in [0, 0.05) is 19.1 Å². The largest absolute Gasteiger partial charge is 0.312 e. The molecule has 1 fully saturated rings. The molecule has 0 aromatic rings. The van der Waals surface area contributed by atoms with Crippen LogP contribution in [0.4, 0.5) is 0 Å². The van der Waals surface area contributed by atoms with Crippen molar-refractivity contribution in [2.75, 3.05) is 26.2 Å². The number of nitrogens with zero attached hydrogens (tertiary/aromatic N) is 1. The van der Waals surface area contributed by atoms with Gasteiger partial charge in [0.1, 0.15) is 0 Å². The van der Waals surface area contributed by atoms with E-state index in [-0.39, 0.29) is 0 Å². The molecule has 0 bridgehead atoms. The topological polar surface area (TPSA) is 15.3 Å². The number of unbranched alkanes of at least 4 members (excludes halogenated alkanes) is 2. The molecule has 1 rings (SSSR count). The maximum absolute atomic E-state index is 3.82. The van der Waals surface area contributed by atoms with Gasteiger partial charge in [-0.25, -0.2) is 0 Å². The summed E-state index contributed by atoms with van der Waals surface area (Å²) in [6.45, 7) is 26.3. The Morgan fingerprint density at radius 1 is 0.853 bits per heavy atom. The van der Waals surface area contributed by atoms with Gasteiger partial charge >= 0.3 is 0 Å². The molecular formula is C32H64N2. The van der Waals surface area contributed by atoms with E-state index in [1.807, 2.05) is 32.1 Å². The molecule has 0 radical (unpaired) electrons. The molecule has 0 saturated heterocycles. The molecule has 202 valence electrons. The second kappa shape index (κ2) is 26.7. The van der Waals surface area contributed by atoms with Gasteiger partial charge in [0.2, 0.25) is 0 Å². The van der Waals surface area contributed by atoms with Crippen LogP contribution in [0, 0.1) is 17.8 Å². The number of rotatable bonds is 16. The zero-order valence-corrected chi connectivity index (χ0v) is 24.7. The van der Waals surface area contributed by atoms with E-state index < -0.39 is 0 Å². The lowest BCUT2D eigenvalue weighted by Gasteiger charge is -2.28. The van der Waals surface area contributed by atoms with Crippen LogP contribution in [0.2, 0.25) is 0 Å². The Balaban J connectivity index is 0. The van der Waals surface area contributed by atoms with Crippen LogP contribution in [0.3, 0.4) is 0 Å². The Morgan fingerprint density at radius 3 is 1.94 bits per heavy atom. The molecule has 0 aliphatic heterocycles. The Bertz CT molecular complexity index is 450. The fraction of sp³-hybridized carbons (Fsp3) is 0.812. The van der Waals surface area contributed by atoms with E-state index in [0.717, 1.165) is 18.4 Å². The Kier molecular flexibility index (Phi) is 27.8. The maximum atomic E-state index is 3.82. The van der Waals surface area contributed by atoms with Gasteiger partial charge in [0.25, 0.3) is 0 Å². The van der Waals surface area contributed by atoms with Crippen molar-refractivity contribution < 1.29 is 0 Å². The maximum Gasteiger partial charge on any atom is 0.0195 e. The first-order valence-corrected chi connectivity index (χ1v) is 14.9. The molecule has 0 heterocycles. The first-order valence-electron chi connectivity index (χ1n) is 14.9. The van der Waals surface area contributed by atoms with Gasteiger partial charge in [-0.05, 0) is 50.1 Å². The normalized spacial score (nSPS) is 19.9. The highest BCUT2D eigenvalue weighted by Gasteiger charge is 2.14. The number of allylic oxidation sites excluding steroid dienone is 4. The van der Waals surface area contributed by atoms with Gasteiger partial charge in [0.05, 0.1) is 0 Å². The SMILES string of the molecule is C=C/C=C\C=C/C(C)CNC(CCCC)CN(CCC)CCCC.CC.CC1CCC(C)CC1. The van der Waals surface area contributed by atoms with Crippen LogP contribution >= 0.6 is 0 Å². The van der Waals surface area contributed by atoms with Crippen molar-refractivity contribution in [1.29, 1.82) is 0 Å². The van der Waals surface area contributed by atoms with Crippen LogP contribution in [0.5, 0.6) is 0 Å². The summed E-state index contributed by atoms with van der Waals surface area (Å²) in [6.07, 6.45) is 23.8. The van der Waals surface area contributed by atoms with Gasteiger partial charge in [-0.2, -0.15) is 0 Å². The molecule has 0 amide bonds. The van der Waals surface area contributed by atoms with Crippen LogP contribution in [0.25, 0.3) is 0 Å². The second-order valence-electron chi connectivity index (χ2n) is 10.2. The van der Waals surface area contributed by atoms with Crippen molar-refractivity contribution in [2.24, 2.45) is 17.8 Å². The van der Waals surface area contributed by atoms with E-state index in [2.05, 4.69) is 70.5 Å². The molecule has 0 aromatic carbocycles. The fourth-order valence-corrected chi connectivity index (χ4v) is 4.26. The molecule has 0 aromatic heterocycles. The van der Waals surface area contributed by atoms with Crippen molar-refractivity contribution in [2.45, 2.75) is 126 Å². The lowest BCUT2D eigenvalue weighted by atomic mass is 9.84. The predicted molar refractivity (Wildman–Crippen MR) is 159 cm³/mol. The van der Waals surface area contributed by atoms with Crippen LogP contribution in [0.1, 0.15) is 120 Å².